The van der Waals surface area contributed by atoms with Gasteiger partial charge in [0, 0.05) is 24.7 Å². The van der Waals surface area contributed by atoms with Crippen LogP contribution in [0.5, 0.6) is 0 Å². The highest BCUT2D eigenvalue weighted by Crippen LogP contribution is 2.42. The summed E-state index contributed by atoms with van der Waals surface area (Å²) in [5, 5.41) is 0.795. The van der Waals surface area contributed by atoms with Crippen LogP contribution in [-0.2, 0) is 4.79 Å². The van der Waals surface area contributed by atoms with Crippen LogP contribution in [0.2, 0.25) is 10.0 Å². The summed E-state index contributed by atoms with van der Waals surface area (Å²) in [7, 11) is 0. The second-order valence-corrected chi connectivity index (χ2v) is 7.87. The number of benzene rings is 1. The van der Waals surface area contributed by atoms with Crippen molar-refractivity contribution in [3.8, 4) is 0 Å². The van der Waals surface area contributed by atoms with Crippen molar-refractivity contribution in [3.05, 3.63) is 33.8 Å². The molecule has 1 spiro atoms. The Balaban J connectivity index is 1.65. The van der Waals surface area contributed by atoms with Crippen LogP contribution in [0.3, 0.4) is 0 Å². The molecule has 1 saturated carbocycles. The second kappa shape index (κ2) is 5.92. The third-order valence-corrected chi connectivity index (χ3v) is 6.28. The standard InChI is InChI=1S/C18H20Cl2N2O2/c19-14-6-3-12(11-15(14)20)16(23)22-10-2-8-18(22)7-1-9-21(17(18)24)13-4-5-13/h3,6,11,13H,1-2,4-5,7-10H2. The van der Waals surface area contributed by atoms with Gasteiger partial charge in [-0.3, -0.25) is 9.59 Å². The molecule has 24 heavy (non-hydrogen) atoms. The van der Waals surface area contributed by atoms with Gasteiger partial charge < -0.3 is 9.80 Å². The molecule has 2 heterocycles. The Morgan fingerprint density at radius 3 is 2.46 bits per heavy atom. The SMILES string of the molecule is O=C(c1ccc(Cl)c(Cl)c1)N1CCCC12CCCN(C1CC1)C2=O. The molecular formula is C18H20Cl2N2O2. The lowest BCUT2D eigenvalue weighted by Gasteiger charge is -2.44. The van der Waals surface area contributed by atoms with Gasteiger partial charge in [-0.15, -0.1) is 0 Å². The molecule has 4 nitrogen and oxygen atoms in total. The quantitative estimate of drug-likeness (QED) is 0.799. The van der Waals surface area contributed by atoms with Crippen LogP contribution in [0.25, 0.3) is 0 Å². The van der Waals surface area contributed by atoms with E-state index >= 15 is 0 Å². The van der Waals surface area contributed by atoms with Gasteiger partial charge in [-0.25, -0.2) is 0 Å². The number of piperidine rings is 1. The van der Waals surface area contributed by atoms with E-state index in [9.17, 15) is 9.59 Å². The molecule has 2 saturated heterocycles. The Kier molecular flexibility index (Phi) is 4.00. The first-order valence-electron chi connectivity index (χ1n) is 8.61. The Labute approximate surface area is 151 Å². The molecule has 1 atom stereocenters. The van der Waals surface area contributed by atoms with Crippen LogP contribution >= 0.6 is 23.2 Å². The zero-order valence-corrected chi connectivity index (χ0v) is 14.9. The molecule has 2 amide bonds. The molecule has 2 aliphatic heterocycles. The summed E-state index contributed by atoms with van der Waals surface area (Å²) in [6.45, 7) is 1.46. The largest absolute Gasteiger partial charge is 0.338 e. The van der Waals surface area contributed by atoms with Crippen LogP contribution in [0, 0.1) is 0 Å². The lowest BCUT2D eigenvalue weighted by molar-refractivity contribution is -0.146. The average Bonchev–Trinajstić information content (AvgIpc) is 3.33. The molecule has 4 rings (SSSR count). The van der Waals surface area contributed by atoms with E-state index in [1.807, 2.05) is 4.90 Å². The summed E-state index contributed by atoms with van der Waals surface area (Å²) in [5.74, 6) is 0.0409. The maximum atomic E-state index is 13.2. The fourth-order valence-corrected chi connectivity index (χ4v) is 4.49. The maximum absolute atomic E-state index is 13.2. The van der Waals surface area contributed by atoms with Crippen LogP contribution in [0.15, 0.2) is 18.2 Å². The summed E-state index contributed by atoms with van der Waals surface area (Å²) < 4.78 is 0. The third kappa shape index (κ3) is 2.51. The van der Waals surface area contributed by atoms with Crippen molar-refractivity contribution >= 4 is 35.0 Å². The van der Waals surface area contributed by atoms with Gasteiger partial charge in [0.1, 0.15) is 5.54 Å². The molecule has 1 unspecified atom stereocenters. The van der Waals surface area contributed by atoms with E-state index in [2.05, 4.69) is 0 Å². The van der Waals surface area contributed by atoms with Crippen molar-refractivity contribution < 1.29 is 9.59 Å². The van der Waals surface area contributed by atoms with Crippen molar-refractivity contribution in [1.29, 1.82) is 0 Å². The van der Waals surface area contributed by atoms with Gasteiger partial charge in [-0.1, -0.05) is 23.2 Å². The minimum atomic E-state index is -0.649. The summed E-state index contributed by atoms with van der Waals surface area (Å²) >= 11 is 12.0. The molecular weight excluding hydrogens is 347 g/mol. The van der Waals surface area contributed by atoms with Crippen LogP contribution < -0.4 is 0 Å². The predicted octanol–water partition coefficient (Wildman–Crippen LogP) is 3.75. The number of halogens is 2. The first-order valence-corrected chi connectivity index (χ1v) is 9.37. The summed E-state index contributed by atoms with van der Waals surface area (Å²) in [5.41, 5.74) is -0.147. The van der Waals surface area contributed by atoms with Crippen LogP contribution in [0.4, 0.5) is 0 Å². The van der Waals surface area contributed by atoms with E-state index in [1.165, 1.54) is 0 Å². The molecule has 0 N–H and O–H groups in total. The highest BCUT2D eigenvalue weighted by Gasteiger charge is 2.54. The van der Waals surface area contributed by atoms with Crippen molar-refractivity contribution in [2.45, 2.75) is 50.1 Å². The number of carbonyl (C=O) groups excluding carboxylic acids is 2. The summed E-state index contributed by atoms with van der Waals surface area (Å²) in [4.78, 5) is 30.1. The molecule has 3 aliphatic rings. The number of amides is 2. The van der Waals surface area contributed by atoms with E-state index in [0.717, 1.165) is 45.1 Å². The molecule has 0 radical (unpaired) electrons. The average molecular weight is 367 g/mol. The van der Waals surface area contributed by atoms with E-state index in [-0.39, 0.29) is 11.8 Å². The number of hydrogen-bond donors (Lipinski definition) is 0. The van der Waals surface area contributed by atoms with E-state index in [0.29, 0.717) is 28.2 Å². The predicted molar refractivity (Wildman–Crippen MR) is 93.4 cm³/mol. The van der Waals surface area contributed by atoms with Gasteiger partial charge in [0.15, 0.2) is 0 Å². The van der Waals surface area contributed by atoms with Crippen LogP contribution in [0.1, 0.15) is 48.9 Å². The topological polar surface area (TPSA) is 40.6 Å². The Hall–Kier alpha value is -1.26. The third-order valence-electron chi connectivity index (χ3n) is 5.54. The Morgan fingerprint density at radius 2 is 1.79 bits per heavy atom. The Morgan fingerprint density at radius 1 is 1.08 bits per heavy atom. The number of rotatable bonds is 2. The molecule has 128 valence electrons. The monoisotopic (exact) mass is 366 g/mol. The van der Waals surface area contributed by atoms with Gasteiger partial charge in [-0.05, 0) is 56.7 Å². The van der Waals surface area contributed by atoms with Gasteiger partial charge in [0.2, 0.25) is 5.91 Å². The molecule has 0 aromatic heterocycles. The first-order chi connectivity index (χ1) is 11.5. The van der Waals surface area contributed by atoms with Gasteiger partial charge in [0.05, 0.1) is 10.0 Å². The highest BCUT2D eigenvalue weighted by molar-refractivity contribution is 6.42. The van der Waals surface area contributed by atoms with Gasteiger partial charge in [0.25, 0.3) is 5.91 Å². The second-order valence-electron chi connectivity index (χ2n) is 7.05. The zero-order valence-electron chi connectivity index (χ0n) is 13.4. The van der Waals surface area contributed by atoms with Gasteiger partial charge in [-0.2, -0.15) is 0 Å². The zero-order chi connectivity index (χ0) is 16.9. The summed E-state index contributed by atoms with van der Waals surface area (Å²) in [6, 6.07) is 5.33. The lowest BCUT2D eigenvalue weighted by atomic mass is 9.85. The lowest BCUT2D eigenvalue weighted by Crippen LogP contribution is -2.61. The normalized spacial score (nSPS) is 27.2. The molecule has 3 fully saturated rings. The fourth-order valence-electron chi connectivity index (χ4n) is 4.19. The molecule has 1 aromatic rings. The maximum Gasteiger partial charge on any atom is 0.254 e. The van der Waals surface area contributed by atoms with E-state index in [4.69, 9.17) is 23.2 Å². The Bertz CT molecular complexity index is 704. The van der Waals surface area contributed by atoms with Crippen molar-refractivity contribution in [2.24, 2.45) is 0 Å². The number of hydrogen-bond acceptors (Lipinski definition) is 2. The summed E-state index contributed by atoms with van der Waals surface area (Å²) in [6.07, 6.45) is 5.57. The molecule has 0 bridgehead atoms. The number of carbonyl (C=O) groups is 2. The molecule has 1 aliphatic carbocycles. The number of likely N-dealkylation sites (tertiary alicyclic amines) is 2. The smallest absolute Gasteiger partial charge is 0.254 e. The van der Waals surface area contributed by atoms with Crippen molar-refractivity contribution in [3.63, 3.8) is 0 Å². The van der Waals surface area contributed by atoms with E-state index < -0.39 is 5.54 Å². The first kappa shape index (κ1) is 16.2. The van der Waals surface area contributed by atoms with Crippen molar-refractivity contribution in [1.82, 2.24) is 9.80 Å². The minimum absolute atomic E-state index is 0.114. The minimum Gasteiger partial charge on any atom is -0.338 e. The fraction of sp³-hybridized carbons (Fsp3) is 0.556. The number of nitrogens with zero attached hydrogens (tertiary/aromatic N) is 2. The molecule has 6 heteroatoms. The van der Waals surface area contributed by atoms with E-state index in [1.54, 1.807) is 23.1 Å². The molecule has 1 aromatic carbocycles. The van der Waals surface area contributed by atoms with Gasteiger partial charge >= 0.3 is 0 Å². The van der Waals surface area contributed by atoms with Crippen molar-refractivity contribution in [2.75, 3.05) is 13.1 Å². The van der Waals surface area contributed by atoms with Crippen LogP contribution in [-0.4, -0.2) is 46.3 Å². The highest BCUT2D eigenvalue weighted by atomic mass is 35.5.